The molecular formula is C16H23N5S. The van der Waals surface area contributed by atoms with Crippen molar-refractivity contribution in [3.63, 3.8) is 0 Å². The monoisotopic (exact) mass is 317 g/mol. The van der Waals surface area contributed by atoms with Gasteiger partial charge in [-0.1, -0.05) is 12.1 Å². The number of rotatable bonds is 3. The van der Waals surface area contributed by atoms with Crippen molar-refractivity contribution in [3.8, 4) is 0 Å². The van der Waals surface area contributed by atoms with Crippen LogP contribution in [-0.2, 0) is 13.7 Å². The summed E-state index contributed by atoms with van der Waals surface area (Å²) in [5, 5.41) is 4.33. The lowest BCUT2D eigenvalue weighted by Crippen LogP contribution is -2.47. The number of hydrogen-bond donors (Lipinski definition) is 0. The molecule has 0 N–H and O–H groups in total. The van der Waals surface area contributed by atoms with Crippen LogP contribution in [0.1, 0.15) is 11.1 Å². The lowest BCUT2D eigenvalue weighted by molar-refractivity contribution is 0.194. The topological polar surface area (TPSA) is 29.2 Å². The van der Waals surface area contributed by atoms with E-state index < -0.39 is 0 Å². The molecule has 1 aliphatic rings. The van der Waals surface area contributed by atoms with Gasteiger partial charge >= 0.3 is 0 Å². The number of piperazine rings is 1. The van der Waals surface area contributed by atoms with Crippen LogP contribution in [0.25, 0.3) is 0 Å². The predicted octanol–water partition coefficient (Wildman–Crippen LogP) is 2.35. The zero-order valence-corrected chi connectivity index (χ0v) is 14.3. The largest absolute Gasteiger partial charge is 0.369 e. The van der Waals surface area contributed by atoms with E-state index in [1.807, 2.05) is 16.3 Å². The van der Waals surface area contributed by atoms with Gasteiger partial charge in [-0.15, -0.1) is 0 Å². The molecule has 3 rings (SSSR count). The van der Waals surface area contributed by atoms with Gasteiger partial charge in [0.2, 0.25) is 0 Å². The zero-order valence-electron chi connectivity index (χ0n) is 13.5. The smallest absolute Gasteiger partial charge is 0.198 e. The molecule has 1 saturated heterocycles. The van der Waals surface area contributed by atoms with E-state index in [-0.39, 0.29) is 0 Å². The molecule has 0 spiro atoms. The van der Waals surface area contributed by atoms with Crippen molar-refractivity contribution in [3.05, 3.63) is 40.4 Å². The molecule has 1 aromatic carbocycles. The second-order valence-corrected chi connectivity index (χ2v) is 6.35. The predicted molar refractivity (Wildman–Crippen MR) is 91.7 cm³/mol. The highest BCUT2D eigenvalue weighted by Gasteiger charge is 2.19. The summed E-state index contributed by atoms with van der Waals surface area (Å²) in [6.45, 7) is 9.33. The second-order valence-electron chi connectivity index (χ2n) is 5.99. The number of anilines is 1. The van der Waals surface area contributed by atoms with Gasteiger partial charge in [0.25, 0.3) is 0 Å². The Morgan fingerprint density at radius 2 is 1.86 bits per heavy atom. The fourth-order valence-corrected chi connectivity index (χ4v) is 3.07. The Morgan fingerprint density at radius 3 is 2.50 bits per heavy atom. The fraction of sp³-hybridized carbons (Fsp3) is 0.500. The minimum Gasteiger partial charge on any atom is -0.369 e. The van der Waals surface area contributed by atoms with Gasteiger partial charge in [-0.05, 0) is 43.3 Å². The van der Waals surface area contributed by atoms with E-state index in [2.05, 4.69) is 46.9 Å². The Balaban J connectivity index is 1.64. The molecule has 0 bridgehead atoms. The fourth-order valence-electron chi connectivity index (χ4n) is 2.92. The molecule has 22 heavy (non-hydrogen) atoms. The third-order valence-corrected chi connectivity index (χ3v) is 5.01. The Hall–Kier alpha value is -1.66. The maximum Gasteiger partial charge on any atom is 0.198 e. The summed E-state index contributed by atoms with van der Waals surface area (Å²) in [5.41, 5.74) is 4.12. The van der Waals surface area contributed by atoms with Crippen molar-refractivity contribution >= 4 is 17.9 Å². The summed E-state index contributed by atoms with van der Waals surface area (Å²) in [6, 6.07) is 6.56. The summed E-state index contributed by atoms with van der Waals surface area (Å²) >= 11 is 5.35. The van der Waals surface area contributed by atoms with Crippen LogP contribution < -0.4 is 4.90 Å². The average Bonchev–Trinajstić information content (AvgIpc) is 2.83. The molecule has 0 unspecified atom stereocenters. The first-order chi connectivity index (χ1) is 10.6. The second kappa shape index (κ2) is 6.22. The van der Waals surface area contributed by atoms with E-state index in [0.29, 0.717) is 0 Å². The molecule has 1 fully saturated rings. The molecule has 118 valence electrons. The third-order valence-electron chi connectivity index (χ3n) is 4.51. The Bertz CT molecular complexity index is 710. The van der Waals surface area contributed by atoms with Gasteiger partial charge in [0.1, 0.15) is 6.33 Å². The van der Waals surface area contributed by atoms with Crippen LogP contribution in [0, 0.1) is 18.6 Å². The van der Waals surface area contributed by atoms with Gasteiger partial charge in [-0.25, -0.2) is 4.68 Å². The van der Waals surface area contributed by atoms with Crippen molar-refractivity contribution < 1.29 is 0 Å². The van der Waals surface area contributed by atoms with Crippen LogP contribution in [0.2, 0.25) is 0 Å². The Labute approximate surface area is 136 Å². The van der Waals surface area contributed by atoms with Gasteiger partial charge in [0.05, 0.1) is 6.67 Å². The van der Waals surface area contributed by atoms with E-state index in [4.69, 9.17) is 12.2 Å². The number of hydrogen-bond acceptors (Lipinski definition) is 4. The van der Waals surface area contributed by atoms with Crippen molar-refractivity contribution in [2.24, 2.45) is 7.05 Å². The molecule has 0 radical (unpaired) electrons. The molecule has 2 aromatic rings. The SMILES string of the molecule is Cc1cccc(N2CCN(Cn3ncn(C)c3=S)CC2)c1C. The summed E-state index contributed by atoms with van der Waals surface area (Å²) in [6.07, 6.45) is 1.77. The number of nitrogens with zero attached hydrogens (tertiary/aromatic N) is 5. The van der Waals surface area contributed by atoms with Gasteiger partial charge in [-0.3, -0.25) is 4.90 Å². The standard InChI is InChI=1S/C16H23N5S/c1-13-5-4-6-15(14(13)2)20-9-7-19(8-10-20)12-21-16(22)18(3)11-17-21/h4-6,11H,7-10,12H2,1-3H3. The summed E-state index contributed by atoms with van der Waals surface area (Å²) in [7, 11) is 1.93. The minimum absolute atomic E-state index is 0.775. The van der Waals surface area contributed by atoms with Crippen LogP contribution in [0.4, 0.5) is 5.69 Å². The van der Waals surface area contributed by atoms with Crippen LogP contribution in [-0.4, -0.2) is 45.4 Å². The Morgan fingerprint density at radius 1 is 1.14 bits per heavy atom. The molecule has 1 aromatic heterocycles. The van der Waals surface area contributed by atoms with Gasteiger partial charge in [-0.2, -0.15) is 5.10 Å². The summed E-state index contributed by atoms with van der Waals surface area (Å²) in [5.74, 6) is 0. The Kier molecular flexibility index (Phi) is 4.31. The molecule has 2 heterocycles. The molecule has 0 aliphatic carbocycles. The van der Waals surface area contributed by atoms with E-state index >= 15 is 0 Å². The van der Waals surface area contributed by atoms with Crippen molar-refractivity contribution in [1.29, 1.82) is 0 Å². The first-order valence-electron chi connectivity index (χ1n) is 7.68. The number of benzene rings is 1. The highest BCUT2D eigenvalue weighted by molar-refractivity contribution is 7.71. The van der Waals surface area contributed by atoms with Crippen LogP contribution in [0.5, 0.6) is 0 Å². The number of aryl methyl sites for hydroxylation is 2. The van der Waals surface area contributed by atoms with E-state index in [0.717, 1.165) is 37.6 Å². The summed E-state index contributed by atoms with van der Waals surface area (Å²) in [4.78, 5) is 4.89. The minimum atomic E-state index is 0.775. The number of aromatic nitrogens is 3. The van der Waals surface area contributed by atoms with Crippen LogP contribution in [0.15, 0.2) is 24.5 Å². The maximum atomic E-state index is 5.35. The van der Waals surface area contributed by atoms with Crippen molar-refractivity contribution in [2.45, 2.75) is 20.5 Å². The molecule has 5 nitrogen and oxygen atoms in total. The first kappa shape index (κ1) is 15.2. The lowest BCUT2D eigenvalue weighted by atomic mass is 10.1. The van der Waals surface area contributed by atoms with Crippen LogP contribution in [0.3, 0.4) is 0 Å². The lowest BCUT2D eigenvalue weighted by Gasteiger charge is -2.36. The van der Waals surface area contributed by atoms with Gasteiger partial charge in [0.15, 0.2) is 4.77 Å². The van der Waals surface area contributed by atoms with E-state index in [1.54, 1.807) is 6.33 Å². The van der Waals surface area contributed by atoms with Crippen LogP contribution >= 0.6 is 12.2 Å². The third kappa shape index (κ3) is 2.94. The summed E-state index contributed by atoms with van der Waals surface area (Å²) < 4.78 is 4.54. The van der Waals surface area contributed by atoms with E-state index in [9.17, 15) is 0 Å². The normalized spacial score (nSPS) is 16.2. The van der Waals surface area contributed by atoms with E-state index in [1.165, 1.54) is 16.8 Å². The molecule has 1 aliphatic heterocycles. The average molecular weight is 317 g/mol. The van der Waals surface area contributed by atoms with Gasteiger partial charge < -0.3 is 9.47 Å². The van der Waals surface area contributed by atoms with Gasteiger partial charge in [0, 0.05) is 38.9 Å². The molecule has 0 saturated carbocycles. The molecule has 6 heteroatoms. The highest BCUT2D eigenvalue weighted by Crippen LogP contribution is 2.23. The molecule has 0 atom stereocenters. The highest BCUT2D eigenvalue weighted by atomic mass is 32.1. The van der Waals surface area contributed by atoms with Crippen molar-refractivity contribution in [2.75, 3.05) is 31.1 Å². The quantitative estimate of drug-likeness (QED) is 0.813. The molecule has 0 amide bonds. The molecular weight excluding hydrogens is 294 g/mol. The zero-order chi connectivity index (χ0) is 15.7. The first-order valence-corrected chi connectivity index (χ1v) is 8.09. The maximum absolute atomic E-state index is 5.35. The van der Waals surface area contributed by atoms with Crippen molar-refractivity contribution in [1.82, 2.24) is 19.2 Å².